The summed E-state index contributed by atoms with van der Waals surface area (Å²) in [5.74, 6) is -3.36. The molecule has 0 radical (unpaired) electrons. The topological polar surface area (TPSA) is 126 Å². The molecule has 1 aliphatic carbocycles. The highest BCUT2D eigenvalue weighted by Gasteiger charge is 2.46. The van der Waals surface area contributed by atoms with E-state index in [1.165, 1.54) is 17.0 Å². The molecule has 11 nitrogen and oxygen atoms in total. The minimum atomic E-state index is -2.68. The van der Waals surface area contributed by atoms with Crippen LogP contribution in [0, 0.1) is 23.5 Å². The Kier molecular flexibility index (Phi) is 10.8. The molecule has 1 aromatic heterocycles. The number of para-hydroxylation sites is 1. The molecular weight excluding hydrogens is 817 g/mol. The number of nitrogens with one attached hydrogen (secondary N) is 2. The van der Waals surface area contributed by atoms with E-state index in [1.54, 1.807) is 12.1 Å². The first-order valence-corrected chi connectivity index (χ1v) is 22.3. The number of rotatable bonds is 8. The van der Waals surface area contributed by atoms with Gasteiger partial charge in [-0.2, -0.15) is 0 Å². The van der Waals surface area contributed by atoms with Crippen LogP contribution in [0.2, 0.25) is 0 Å². The predicted octanol–water partition coefficient (Wildman–Crippen LogP) is 6.98. The van der Waals surface area contributed by atoms with Crippen molar-refractivity contribution in [3.05, 3.63) is 105 Å². The lowest BCUT2D eigenvalue weighted by atomic mass is 9.77. The maximum Gasteiger partial charge on any atom is 0.262 e. The summed E-state index contributed by atoms with van der Waals surface area (Å²) >= 11 is 0. The SMILES string of the molecule is C[C@@H]1Cc2c([nH]c3ccccc23)[C@@H](c2c(F)cc(C3CCC(C(=O)N4CCC(CN5Cc6cc7c(cc6C5)C(=O)N(C5CCC(=O)NC5=O)C7=O)CC4)CC3)cc2F)N1CC(F)F. The average molecular weight is 867 g/mol. The highest BCUT2D eigenvalue weighted by molar-refractivity contribution is 6.23. The molecule has 6 heterocycles. The third-order valence-electron chi connectivity index (χ3n) is 14.8. The van der Waals surface area contributed by atoms with Crippen LogP contribution in [0.5, 0.6) is 0 Å². The van der Waals surface area contributed by atoms with Gasteiger partial charge in [-0.25, -0.2) is 17.6 Å². The Morgan fingerprint density at radius 2 is 1.49 bits per heavy atom. The van der Waals surface area contributed by atoms with Crippen molar-refractivity contribution >= 4 is 40.4 Å². The van der Waals surface area contributed by atoms with Crippen LogP contribution in [0.3, 0.4) is 0 Å². The largest absolute Gasteiger partial charge is 0.357 e. The van der Waals surface area contributed by atoms with Crippen molar-refractivity contribution in [2.24, 2.45) is 11.8 Å². The first-order chi connectivity index (χ1) is 30.3. The molecule has 2 saturated heterocycles. The van der Waals surface area contributed by atoms with Crippen molar-refractivity contribution in [2.45, 2.75) is 108 Å². The number of nitrogens with zero attached hydrogens (tertiary/aromatic N) is 4. The Bertz CT molecular complexity index is 2480. The quantitative estimate of drug-likeness (QED) is 0.145. The van der Waals surface area contributed by atoms with Crippen molar-refractivity contribution in [2.75, 3.05) is 26.2 Å². The van der Waals surface area contributed by atoms with Crippen LogP contribution in [-0.4, -0.2) is 98.8 Å². The van der Waals surface area contributed by atoms with Crippen molar-refractivity contribution in [3.8, 4) is 0 Å². The van der Waals surface area contributed by atoms with Gasteiger partial charge in [-0.1, -0.05) is 18.2 Å². The van der Waals surface area contributed by atoms with Crippen LogP contribution >= 0.6 is 0 Å². The lowest BCUT2D eigenvalue weighted by molar-refractivity contribution is -0.138. The van der Waals surface area contributed by atoms with Crippen molar-refractivity contribution in [1.29, 1.82) is 0 Å². The van der Waals surface area contributed by atoms with Gasteiger partial charge in [-0.3, -0.25) is 44.0 Å². The van der Waals surface area contributed by atoms with E-state index in [9.17, 15) is 32.8 Å². The number of halogens is 4. The Balaban J connectivity index is 0.736. The smallest absolute Gasteiger partial charge is 0.262 e. The number of carbonyl (C=O) groups is 5. The van der Waals surface area contributed by atoms with Crippen LogP contribution in [0.15, 0.2) is 48.5 Å². The zero-order valence-electron chi connectivity index (χ0n) is 35.1. The van der Waals surface area contributed by atoms with Gasteiger partial charge >= 0.3 is 0 Å². The first-order valence-electron chi connectivity index (χ1n) is 22.3. The standard InChI is InChI=1S/C48H50F4N6O5/c1-25-16-33-32-4-2-3-5-38(32)53-43(33)44(57(25)24-40(51)52)42-36(49)19-29(20-37(42)50)27-6-8-28(9-7-27)46(61)56-14-12-26(13-15-56)21-55-22-30-17-34-35(18-31(30)23-55)48(63)58(47(34)62)39-10-11-41(59)54-45(39)60/h2-5,17-20,25-28,39-40,44,53H,6-16,21-24H2,1H3,(H,54,59,60)/t25-,27?,28?,39?,44-/m1/s1. The number of amides is 5. The Labute approximate surface area is 362 Å². The molecule has 10 rings (SSSR count). The van der Waals surface area contributed by atoms with Crippen molar-refractivity contribution in [1.82, 2.24) is 29.9 Å². The van der Waals surface area contributed by atoms with Gasteiger partial charge in [0.05, 0.1) is 23.7 Å². The molecule has 3 aromatic carbocycles. The van der Waals surface area contributed by atoms with Gasteiger partial charge in [0.2, 0.25) is 17.7 Å². The van der Waals surface area contributed by atoms with Gasteiger partial charge in [0.25, 0.3) is 18.2 Å². The maximum absolute atomic E-state index is 16.3. The Hall–Kier alpha value is -5.41. The van der Waals surface area contributed by atoms with E-state index >= 15 is 8.78 Å². The number of piperidine rings is 2. The summed E-state index contributed by atoms with van der Waals surface area (Å²) in [5, 5.41) is 3.16. The van der Waals surface area contributed by atoms with Crippen LogP contribution in [-0.2, 0) is 33.9 Å². The lowest BCUT2D eigenvalue weighted by Gasteiger charge is -2.41. The van der Waals surface area contributed by atoms with Gasteiger partial charge in [-0.15, -0.1) is 0 Å². The zero-order chi connectivity index (χ0) is 43.8. The normalized spacial score (nSPS) is 25.8. The number of aromatic amines is 1. The predicted molar refractivity (Wildman–Crippen MR) is 224 cm³/mol. The second-order valence-corrected chi connectivity index (χ2v) is 18.6. The number of likely N-dealkylation sites (tertiary alicyclic amines) is 1. The summed E-state index contributed by atoms with van der Waals surface area (Å²) in [5.41, 5.74) is 5.08. The number of benzene rings is 3. The van der Waals surface area contributed by atoms with Crippen molar-refractivity contribution in [3.63, 3.8) is 0 Å². The van der Waals surface area contributed by atoms with E-state index in [0.29, 0.717) is 86.6 Å². The van der Waals surface area contributed by atoms with Crippen LogP contribution in [0.1, 0.15) is 124 Å². The van der Waals surface area contributed by atoms with Crippen molar-refractivity contribution < 1.29 is 41.5 Å². The van der Waals surface area contributed by atoms with Gasteiger partial charge < -0.3 is 9.88 Å². The third-order valence-corrected chi connectivity index (χ3v) is 14.8. The Morgan fingerprint density at radius 3 is 2.13 bits per heavy atom. The summed E-state index contributed by atoms with van der Waals surface area (Å²) in [6.07, 6.45) is 2.12. The van der Waals surface area contributed by atoms with Crippen LogP contribution in [0.25, 0.3) is 10.9 Å². The molecule has 0 bridgehead atoms. The molecule has 5 amide bonds. The second kappa shape index (κ2) is 16.3. The fourth-order valence-corrected chi connectivity index (χ4v) is 11.6. The number of imide groups is 2. The zero-order valence-corrected chi connectivity index (χ0v) is 35.1. The van der Waals surface area contributed by atoms with E-state index in [1.807, 2.05) is 36.1 Å². The molecule has 0 spiro atoms. The van der Waals surface area contributed by atoms with E-state index in [2.05, 4.69) is 15.2 Å². The number of hydrogen-bond donors (Lipinski definition) is 2. The third kappa shape index (κ3) is 7.44. The van der Waals surface area contributed by atoms with Crippen LogP contribution < -0.4 is 5.32 Å². The minimum absolute atomic E-state index is 0.0678. The van der Waals surface area contributed by atoms with E-state index in [0.717, 1.165) is 51.9 Å². The van der Waals surface area contributed by atoms with Gasteiger partial charge in [0, 0.05) is 73.3 Å². The molecule has 1 saturated carbocycles. The lowest BCUT2D eigenvalue weighted by Crippen LogP contribution is -2.54. The number of fused-ring (bicyclic) bond motifs is 5. The number of hydrogen-bond acceptors (Lipinski definition) is 7. The molecule has 2 N–H and O–H groups in total. The van der Waals surface area contributed by atoms with Gasteiger partial charge in [-0.05, 0) is 123 Å². The monoisotopic (exact) mass is 866 g/mol. The fourth-order valence-electron chi connectivity index (χ4n) is 11.6. The number of aromatic nitrogens is 1. The van der Waals surface area contributed by atoms with Crippen LogP contribution in [0.4, 0.5) is 17.6 Å². The summed E-state index contributed by atoms with van der Waals surface area (Å²) < 4.78 is 60.5. The molecule has 3 fully saturated rings. The first kappa shape index (κ1) is 41.6. The minimum Gasteiger partial charge on any atom is -0.357 e. The average Bonchev–Trinajstić information content (AvgIpc) is 3.91. The summed E-state index contributed by atoms with van der Waals surface area (Å²) in [6, 6.07) is 11.5. The molecule has 4 aromatic rings. The highest BCUT2D eigenvalue weighted by Crippen LogP contribution is 2.45. The molecule has 330 valence electrons. The fraction of sp³-hybridized carbons (Fsp3) is 0.479. The van der Waals surface area contributed by atoms with E-state index in [-0.39, 0.29) is 42.2 Å². The number of carbonyl (C=O) groups excluding carboxylic acids is 5. The molecule has 15 heteroatoms. The summed E-state index contributed by atoms with van der Waals surface area (Å²) in [7, 11) is 0. The molecule has 1 unspecified atom stereocenters. The van der Waals surface area contributed by atoms with E-state index < -0.39 is 60.3 Å². The molecule has 3 atom stereocenters. The van der Waals surface area contributed by atoms with E-state index in [4.69, 9.17) is 0 Å². The number of alkyl halides is 2. The maximum atomic E-state index is 16.3. The summed E-state index contributed by atoms with van der Waals surface area (Å²) in [4.78, 5) is 74.6. The summed E-state index contributed by atoms with van der Waals surface area (Å²) in [6.45, 7) is 4.58. The highest BCUT2D eigenvalue weighted by atomic mass is 19.3. The number of H-pyrrole nitrogens is 1. The Morgan fingerprint density at radius 1 is 0.841 bits per heavy atom. The molecule has 63 heavy (non-hydrogen) atoms. The van der Waals surface area contributed by atoms with Gasteiger partial charge in [0.15, 0.2) is 0 Å². The second-order valence-electron chi connectivity index (χ2n) is 18.6. The molecular formula is C48H50F4N6O5. The van der Waals surface area contributed by atoms with Gasteiger partial charge in [0.1, 0.15) is 17.7 Å². The molecule has 6 aliphatic rings. The molecule has 5 aliphatic heterocycles.